The first kappa shape index (κ1) is 14.1. The van der Waals surface area contributed by atoms with Gasteiger partial charge in [-0.2, -0.15) is 0 Å². The van der Waals surface area contributed by atoms with Crippen molar-refractivity contribution in [2.75, 3.05) is 30.5 Å². The molecule has 1 aromatic rings. The largest absolute Gasteiger partial charge is 0.381 e. The third-order valence-corrected chi connectivity index (χ3v) is 3.34. The first-order chi connectivity index (χ1) is 8.96. The van der Waals surface area contributed by atoms with E-state index in [1.165, 1.54) is 0 Å². The van der Waals surface area contributed by atoms with Gasteiger partial charge in [-0.15, -0.1) is 0 Å². The summed E-state index contributed by atoms with van der Waals surface area (Å²) in [4.78, 5) is 6.98. The Morgan fingerprint density at radius 2 is 1.95 bits per heavy atom. The molecule has 1 saturated heterocycles. The van der Waals surface area contributed by atoms with Crippen LogP contribution in [-0.2, 0) is 4.74 Å². The molecule has 0 amide bonds. The minimum atomic E-state index is 0.0306. The van der Waals surface area contributed by atoms with E-state index in [0.29, 0.717) is 6.04 Å². The van der Waals surface area contributed by atoms with Gasteiger partial charge in [0.25, 0.3) is 0 Å². The summed E-state index contributed by atoms with van der Waals surface area (Å²) in [6.45, 7) is 8.14. The highest BCUT2D eigenvalue weighted by atomic mass is 16.5. The van der Waals surface area contributed by atoms with E-state index in [9.17, 15) is 0 Å². The van der Waals surface area contributed by atoms with E-state index >= 15 is 0 Å². The van der Waals surface area contributed by atoms with E-state index < -0.39 is 0 Å². The quantitative estimate of drug-likeness (QED) is 0.910. The predicted molar refractivity (Wildman–Crippen MR) is 79.9 cm³/mol. The van der Waals surface area contributed by atoms with Gasteiger partial charge in [-0.25, -0.2) is 4.98 Å². The van der Waals surface area contributed by atoms with Gasteiger partial charge in [0.05, 0.1) is 0 Å². The molecule has 1 fully saturated rings. The van der Waals surface area contributed by atoms with Crippen molar-refractivity contribution in [1.29, 1.82) is 0 Å². The maximum Gasteiger partial charge on any atom is 0.130 e. The zero-order valence-electron chi connectivity index (χ0n) is 12.4. The number of nitrogens with one attached hydrogen (secondary N) is 1. The molecule has 1 N–H and O–H groups in total. The maximum atomic E-state index is 5.42. The van der Waals surface area contributed by atoms with Gasteiger partial charge in [0, 0.05) is 31.8 Å². The number of ether oxygens (including phenoxy) is 1. The van der Waals surface area contributed by atoms with Gasteiger partial charge in [0.1, 0.15) is 11.6 Å². The number of rotatable bonds is 3. The highest BCUT2D eigenvalue weighted by Gasteiger charge is 2.20. The first-order valence-electron chi connectivity index (χ1n) is 7.01. The molecule has 2 rings (SSSR count). The zero-order chi connectivity index (χ0) is 13.9. The fourth-order valence-electron chi connectivity index (χ4n) is 2.33. The topological polar surface area (TPSA) is 37.4 Å². The smallest absolute Gasteiger partial charge is 0.130 e. The predicted octanol–water partition coefficient (Wildman–Crippen LogP) is 2.91. The minimum absolute atomic E-state index is 0.0306. The number of anilines is 2. The molecule has 1 aliphatic rings. The lowest BCUT2D eigenvalue weighted by atomic mass is 10.1. The molecule has 0 spiro atoms. The molecule has 0 aromatic carbocycles. The van der Waals surface area contributed by atoms with E-state index in [1.54, 1.807) is 0 Å². The van der Waals surface area contributed by atoms with Crippen molar-refractivity contribution in [3.8, 4) is 0 Å². The molecule has 0 atom stereocenters. The standard InChI is InChI=1S/C15H25N3O/c1-15(2,3)17-13-6-5-7-14(16-13)18(4)12-8-10-19-11-9-12/h5-7,12H,8-11H2,1-4H3,(H,16,17). The Balaban J connectivity index is 2.09. The molecule has 19 heavy (non-hydrogen) atoms. The van der Waals surface area contributed by atoms with Crippen LogP contribution in [-0.4, -0.2) is 36.8 Å². The van der Waals surface area contributed by atoms with Crippen molar-refractivity contribution in [3.63, 3.8) is 0 Å². The fraction of sp³-hybridized carbons (Fsp3) is 0.667. The van der Waals surface area contributed by atoms with E-state index in [-0.39, 0.29) is 5.54 Å². The number of hydrogen-bond acceptors (Lipinski definition) is 4. The number of pyridine rings is 1. The molecule has 0 radical (unpaired) electrons. The molecule has 0 unspecified atom stereocenters. The van der Waals surface area contributed by atoms with Gasteiger partial charge < -0.3 is 15.0 Å². The van der Waals surface area contributed by atoms with Crippen molar-refractivity contribution in [1.82, 2.24) is 4.98 Å². The van der Waals surface area contributed by atoms with Gasteiger partial charge in [-0.1, -0.05) is 6.07 Å². The SMILES string of the molecule is CN(c1cccc(NC(C)(C)C)n1)C1CCOCC1. The van der Waals surface area contributed by atoms with Crippen LogP contribution < -0.4 is 10.2 Å². The van der Waals surface area contributed by atoms with E-state index in [4.69, 9.17) is 9.72 Å². The lowest BCUT2D eigenvalue weighted by Gasteiger charge is -2.32. The van der Waals surface area contributed by atoms with Crippen LogP contribution >= 0.6 is 0 Å². The summed E-state index contributed by atoms with van der Waals surface area (Å²) in [6, 6.07) is 6.69. The highest BCUT2D eigenvalue weighted by molar-refractivity contribution is 5.48. The second-order valence-electron chi connectivity index (χ2n) is 6.21. The lowest BCUT2D eigenvalue weighted by Crippen LogP contribution is -2.37. The molecule has 0 aliphatic carbocycles. The summed E-state index contributed by atoms with van der Waals surface area (Å²) >= 11 is 0. The Kier molecular flexibility index (Phi) is 4.30. The van der Waals surface area contributed by atoms with Gasteiger partial charge in [0.2, 0.25) is 0 Å². The van der Waals surface area contributed by atoms with Crippen LogP contribution in [0.4, 0.5) is 11.6 Å². The Bertz CT molecular complexity index is 408. The average molecular weight is 263 g/mol. The minimum Gasteiger partial charge on any atom is -0.381 e. The normalized spacial score (nSPS) is 17.3. The maximum absolute atomic E-state index is 5.42. The number of nitrogens with zero attached hydrogens (tertiary/aromatic N) is 2. The van der Waals surface area contributed by atoms with Gasteiger partial charge in [-0.05, 0) is 45.7 Å². The Morgan fingerprint density at radius 3 is 2.58 bits per heavy atom. The second kappa shape index (κ2) is 5.78. The molecule has 0 saturated carbocycles. The zero-order valence-corrected chi connectivity index (χ0v) is 12.4. The van der Waals surface area contributed by atoms with E-state index in [2.05, 4.69) is 50.2 Å². The van der Waals surface area contributed by atoms with E-state index in [1.807, 2.05) is 6.07 Å². The third-order valence-electron chi connectivity index (χ3n) is 3.34. The van der Waals surface area contributed by atoms with Crippen molar-refractivity contribution in [2.24, 2.45) is 0 Å². The average Bonchev–Trinajstić information content (AvgIpc) is 2.37. The van der Waals surface area contributed by atoms with Crippen LogP contribution in [0.5, 0.6) is 0 Å². The van der Waals surface area contributed by atoms with Crippen molar-refractivity contribution < 1.29 is 4.74 Å². The van der Waals surface area contributed by atoms with Crippen LogP contribution in [0.2, 0.25) is 0 Å². The summed E-state index contributed by atoms with van der Waals surface area (Å²) in [5.74, 6) is 1.96. The fourth-order valence-corrected chi connectivity index (χ4v) is 2.33. The van der Waals surface area contributed by atoms with Crippen LogP contribution in [0.3, 0.4) is 0 Å². The van der Waals surface area contributed by atoms with Crippen molar-refractivity contribution in [2.45, 2.75) is 45.2 Å². The summed E-state index contributed by atoms with van der Waals surface area (Å²) in [6.07, 6.45) is 2.16. The molecule has 1 aliphatic heterocycles. The Labute approximate surface area is 116 Å². The van der Waals surface area contributed by atoms with Crippen molar-refractivity contribution >= 4 is 11.6 Å². The second-order valence-corrected chi connectivity index (χ2v) is 6.21. The highest BCUT2D eigenvalue weighted by Crippen LogP contribution is 2.21. The Morgan fingerprint density at radius 1 is 1.26 bits per heavy atom. The van der Waals surface area contributed by atoms with Crippen molar-refractivity contribution in [3.05, 3.63) is 18.2 Å². The molecule has 4 heteroatoms. The number of hydrogen-bond donors (Lipinski definition) is 1. The summed E-state index contributed by atoms with van der Waals surface area (Å²) in [5, 5.41) is 3.42. The number of aromatic nitrogens is 1. The van der Waals surface area contributed by atoms with Crippen LogP contribution in [0.1, 0.15) is 33.6 Å². The lowest BCUT2D eigenvalue weighted by molar-refractivity contribution is 0.0853. The van der Waals surface area contributed by atoms with Crippen LogP contribution in [0.15, 0.2) is 18.2 Å². The third kappa shape index (κ3) is 4.10. The van der Waals surface area contributed by atoms with E-state index in [0.717, 1.165) is 37.7 Å². The van der Waals surface area contributed by atoms with Gasteiger partial charge >= 0.3 is 0 Å². The molecule has 0 bridgehead atoms. The van der Waals surface area contributed by atoms with Gasteiger partial charge in [-0.3, -0.25) is 0 Å². The first-order valence-corrected chi connectivity index (χ1v) is 7.01. The van der Waals surface area contributed by atoms with Crippen LogP contribution in [0, 0.1) is 0 Å². The summed E-state index contributed by atoms with van der Waals surface area (Å²) in [5.41, 5.74) is 0.0306. The molecular weight excluding hydrogens is 238 g/mol. The summed E-state index contributed by atoms with van der Waals surface area (Å²) in [7, 11) is 2.12. The molecular formula is C15H25N3O. The molecule has 1 aromatic heterocycles. The summed E-state index contributed by atoms with van der Waals surface area (Å²) < 4.78 is 5.42. The van der Waals surface area contributed by atoms with Gasteiger partial charge in [0.15, 0.2) is 0 Å². The monoisotopic (exact) mass is 263 g/mol. The molecule has 4 nitrogen and oxygen atoms in total. The van der Waals surface area contributed by atoms with Crippen LogP contribution in [0.25, 0.3) is 0 Å². The molecule has 106 valence electrons. The Hall–Kier alpha value is -1.29. The molecule has 2 heterocycles.